The molecule has 4 rings (SSSR count). The number of hydrogen-bond acceptors (Lipinski definition) is 4. The fraction of sp³-hybridized carbons (Fsp3) is 0.344. The Morgan fingerprint density at radius 2 is 1.68 bits per heavy atom. The van der Waals surface area contributed by atoms with Crippen LogP contribution in [0.25, 0.3) is 6.08 Å². The zero-order valence-corrected chi connectivity index (χ0v) is 26.0. The molecule has 8 heteroatoms. The first kappa shape index (κ1) is 29.8. The molecule has 1 aliphatic carbocycles. The molecule has 1 heterocycles. The number of aryl methyl sites for hydroxylation is 1. The molecule has 0 spiro atoms. The summed E-state index contributed by atoms with van der Waals surface area (Å²) in [6.07, 6.45) is 7.24. The van der Waals surface area contributed by atoms with Crippen LogP contribution in [0, 0.1) is 5.92 Å². The minimum absolute atomic E-state index is 0.196. The Kier molecular flexibility index (Phi) is 8.73. The molecular weight excluding hydrogens is 535 g/mol. The molecule has 2 atom stereocenters. The summed E-state index contributed by atoms with van der Waals surface area (Å²) in [6, 6.07) is 20.3. The fourth-order valence-corrected chi connectivity index (χ4v) is 14.5. The van der Waals surface area contributed by atoms with Crippen LogP contribution in [0.5, 0.6) is 0 Å². The number of benzene rings is 2. The highest BCUT2D eigenvalue weighted by Crippen LogP contribution is 2.40. The van der Waals surface area contributed by atoms with Crippen LogP contribution in [0.15, 0.2) is 95.0 Å². The van der Waals surface area contributed by atoms with Gasteiger partial charge >= 0.3 is 5.97 Å². The van der Waals surface area contributed by atoms with Crippen LogP contribution >= 0.6 is 0 Å². The van der Waals surface area contributed by atoms with Crippen molar-refractivity contribution in [3.63, 3.8) is 0 Å². The monoisotopic (exact) mass is 575 g/mol. The lowest BCUT2D eigenvalue weighted by Crippen LogP contribution is -2.64. The number of carbonyl (C=O) groups excluding carboxylic acids is 1. The van der Waals surface area contributed by atoms with E-state index in [-0.39, 0.29) is 17.7 Å². The molecular formula is C32H41N3O3SSi. The second-order valence-corrected chi connectivity index (χ2v) is 17.9. The number of aromatic nitrogens is 1. The van der Waals surface area contributed by atoms with Gasteiger partial charge in [-0.15, -0.1) is 6.58 Å². The third-order valence-corrected chi connectivity index (χ3v) is 15.7. The largest absolute Gasteiger partial charge is 0.461 e. The lowest BCUT2D eigenvalue weighted by atomic mass is 10.2. The fourth-order valence-electron chi connectivity index (χ4n) is 5.43. The van der Waals surface area contributed by atoms with E-state index in [2.05, 4.69) is 62.9 Å². The lowest BCUT2D eigenvalue weighted by molar-refractivity contribution is 0.0515. The molecule has 212 valence electrons. The van der Waals surface area contributed by atoms with Crippen molar-refractivity contribution < 1.29 is 13.7 Å². The molecule has 0 bridgehead atoms. The van der Waals surface area contributed by atoms with Gasteiger partial charge in [0.25, 0.3) is 8.24 Å². The van der Waals surface area contributed by atoms with E-state index in [9.17, 15) is 4.79 Å². The zero-order valence-electron chi connectivity index (χ0n) is 24.2. The summed E-state index contributed by atoms with van der Waals surface area (Å²) in [7, 11) is -4.74. The summed E-state index contributed by atoms with van der Waals surface area (Å²) in [5, 5.41) is 1.76. The molecule has 1 unspecified atom stereocenters. The summed E-state index contributed by atoms with van der Waals surface area (Å²) in [6.45, 7) is 16.6. The van der Waals surface area contributed by atoms with Gasteiger partial charge in [0.1, 0.15) is 15.6 Å². The van der Waals surface area contributed by atoms with Crippen molar-refractivity contribution in [3.8, 4) is 0 Å². The minimum atomic E-state index is -3.35. The van der Waals surface area contributed by atoms with E-state index in [4.69, 9.17) is 8.77 Å². The Bertz CT molecular complexity index is 1460. The normalized spacial score (nSPS) is 16.0. The Morgan fingerprint density at radius 1 is 1.12 bits per heavy atom. The molecule has 1 saturated carbocycles. The van der Waals surface area contributed by atoms with Crippen LogP contribution in [-0.2, 0) is 21.7 Å². The average molecular weight is 576 g/mol. The van der Waals surface area contributed by atoms with Gasteiger partial charge in [-0.25, -0.2) is 17.8 Å². The number of nitrogens with one attached hydrogen (secondary N) is 1. The first-order chi connectivity index (χ1) is 19.0. The highest BCUT2D eigenvalue weighted by atomic mass is 32.2. The lowest BCUT2D eigenvalue weighted by Gasteiger charge is -2.40. The number of carbonyl (C=O) groups is 1. The van der Waals surface area contributed by atoms with Gasteiger partial charge in [-0.1, -0.05) is 100 Å². The average Bonchev–Trinajstić information content (AvgIpc) is 3.72. The highest BCUT2D eigenvalue weighted by molar-refractivity contribution is 7.92. The third-order valence-electron chi connectivity index (χ3n) is 7.57. The van der Waals surface area contributed by atoms with Gasteiger partial charge in [-0.05, 0) is 41.1 Å². The van der Waals surface area contributed by atoms with Gasteiger partial charge in [0.2, 0.25) is 0 Å². The quantitative estimate of drug-likeness (QED) is 0.181. The molecule has 6 nitrogen and oxygen atoms in total. The number of rotatable bonds is 11. The third kappa shape index (κ3) is 5.53. The molecule has 0 amide bonds. The summed E-state index contributed by atoms with van der Waals surface area (Å²) in [4.78, 5) is 13.5. The van der Waals surface area contributed by atoms with Gasteiger partial charge in [-0.3, -0.25) is 0 Å². The molecule has 40 heavy (non-hydrogen) atoms. The van der Waals surface area contributed by atoms with Crippen molar-refractivity contribution in [2.75, 3.05) is 6.61 Å². The first-order valence-electron chi connectivity index (χ1n) is 13.8. The van der Waals surface area contributed by atoms with Crippen molar-refractivity contribution in [1.82, 2.24) is 9.29 Å². The van der Waals surface area contributed by atoms with E-state index in [1.165, 1.54) is 0 Å². The predicted molar refractivity (Wildman–Crippen MR) is 168 cm³/mol. The first-order valence-corrected chi connectivity index (χ1v) is 17.3. The summed E-state index contributed by atoms with van der Waals surface area (Å²) < 4.78 is 31.8. The van der Waals surface area contributed by atoms with Crippen LogP contribution in [-0.4, -0.2) is 35.6 Å². The van der Waals surface area contributed by atoms with E-state index >= 15 is 4.21 Å². The van der Waals surface area contributed by atoms with Crippen molar-refractivity contribution in [2.24, 2.45) is 17.0 Å². The molecule has 0 saturated heterocycles. The molecule has 1 aromatic heterocycles. The second-order valence-electron chi connectivity index (χ2n) is 11.3. The summed E-state index contributed by atoms with van der Waals surface area (Å²) >= 11 is 0. The molecule has 1 fully saturated rings. The standard InChI is InChI=1S/C32H41N3O3SSi/c1-8-27-29(23-35(7)30(27)31(36)38-10-3)39(37,33-28(9-2)24-21-22-24)34-40(32(4,5)6,25-17-13-11-14-18-25)26-19-15-12-16-20-26/h8-9,11-20,23-24,28H,1-2,10,21-22H2,3-7H3,(H,33,34,37)/t28-,39?/m1/s1. The highest BCUT2D eigenvalue weighted by Gasteiger charge is 2.51. The summed E-state index contributed by atoms with van der Waals surface area (Å²) in [5.41, 5.74) is 0.777. The number of ether oxygens (including phenoxy) is 1. The smallest absolute Gasteiger partial charge is 0.355 e. The van der Waals surface area contributed by atoms with Gasteiger partial charge < -0.3 is 9.30 Å². The Balaban J connectivity index is 2.14. The van der Waals surface area contributed by atoms with Crippen LogP contribution < -0.4 is 15.1 Å². The maximum Gasteiger partial charge on any atom is 0.355 e. The van der Waals surface area contributed by atoms with Crippen LogP contribution in [0.3, 0.4) is 0 Å². The number of esters is 1. The second kappa shape index (κ2) is 11.7. The van der Waals surface area contributed by atoms with Crippen LogP contribution in [0.4, 0.5) is 0 Å². The van der Waals surface area contributed by atoms with Gasteiger partial charge in [0, 0.05) is 24.8 Å². The van der Waals surface area contributed by atoms with E-state index in [0.717, 1.165) is 23.2 Å². The maximum atomic E-state index is 15.7. The Labute approximate surface area is 240 Å². The molecule has 1 N–H and O–H groups in total. The minimum Gasteiger partial charge on any atom is -0.461 e. The van der Waals surface area contributed by atoms with Crippen molar-refractivity contribution >= 4 is 40.6 Å². The van der Waals surface area contributed by atoms with E-state index in [0.29, 0.717) is 22.1 Å². The Morgan fingerprint density at radius 3 is 2.10 bits per heavy atom. The predicted octanol–water partition coefficient (Wildman–Crippen LogP) is 5.70. The van der Waals surface area contributed by atoms with Gasteiger partial charge in [0.05, 0.1) is 11.5 Å². The summed E-state index contributed by atoms with van der Waals surface area (Å²) in [5.74, 6) is -0.145. The van der Waals surface area contributed by atoms with Crippen LogP contribution in [0.2, 0.25) is 5.04 Å². The van der Waals surface area contributed by atoms with E-state index in [1.807, 2.05) is 42.5 Å². The number of hydrogen-bond donors (Lipinski definition) is 1. The van der Waals surface area contributed by atoms with Crippen molar-refractivity contribution in [1.29, 1.82) is 0 Å². The number of nitrogens with zero attached hydrogens (tertiary/aromatic N) is 2. The van der Waals surface area contributed by atoms with Crippen molar-refractivity contribution in [3.05, 3.63) is 97.4 Å². The molecule has 2 aromatic carbocycles. The zero-order chi connectivity index (χ0) is 29.1. The Hall–Kier alpha value is -3.20. The molecule has 0 aliphatic heterocycles. The van der Waals surface area contributed by atoms with E-state index < -0.39 is 24.1 Å². The molecule has 1 aliphatic rings. The van der Waals surface area contributed by atoms with Crippen molar-refractivity contribution in [2.45, 2.75) is 56.5 Å². The van der Waals surface area contributed by atoms with Gasteiger partial charge in [-0.2, -0.15) is 0 Å². The van der Waals surface area contributed by atoms with Gasteiger partial charge in [0.15, 0.2) is 0 Å². The molecule has 3 aromatic rings. The maximum absolute atomic E-state index is 15.7. The van der Waals surface area contributed by atoms with E-state index in [1.54, 1.807) is 30.8 Å². The SMILES string of the molecule is C=Cc1c(S(=O)(=N[Si](c2ccccc2)(c2ccccc2)C(C)(C)C)N[C@H](C=C)C2CC2)cn(C)c1C(=O)OCC. The molecule has 0 radical (unpaired) electrons. The topological polar surface area (TPSA) is 72.7 Å². The van der Waals surface area contributed by atoms with Crippen LogP contribution in [0.1, 0.15) is 56.6 Å².